The lowest BCUT2D eigenvalue weighted by molar-refractivity contribution is -0.0158. The molecule has 2 fully saturated rings. The summed E-state index contributed by atoms with van der Waals surface area (Å²) in [7, 11) is 1.94. The SMILES string of the molecule is CCOc1ccc2c(c1)CCC1C2CCC2(C)C(O)/C(=C/c3cnn(C)c3)CC12. The number of rotatable bonds is 3. The van der Waals surface area contributed by atoms with E-state index >= 15 is 0 Å². The predicted octanol–water partition coefficient (Wildman–Crippen LogP) is 4.73. The first-order valence-corrected chi connectivity index (χ1v) is 11.1. The smallest absolute Gasteiger partial charge is 0.119 e. The van der Waals surface area contributed by atoms with Gasteiger partial charge in [0.05, 0.1) is 18.9 Å². The first-order valence-electron chi connectivity index (χ1n) is 11.1. The normalized spacial score (nSPS) is 34.6. The Labute approximate surface area is 173 Å². The monoisotopic (exact) mass is 392 g/mol. The van der Waals surface area contributed by atoms with Gasteiger partial charge in [0.15, 0.2) is 0 Å². The van der Waals surface area contributed by atoms with Crippen molar-refractivity contribution in [3.05, 3.63) is 52.9 Å². The second kappa shape index (κ2) is 7.02. The minimum absolute atomic E-state index is 0.00201. The topological polar surface area (TPSA) is 47.3 Å². The van der Waals surface area contributed by atoms with E-state index < -0.39 is 0 Å². The molecule has 0 bridgehead atoms. The molecule has 0 aliphatic heterocycles. The molecule has 4 heteroatoms. The van der Waals surface area contributed by atoms with Crippen LogP contribution in [0.1, 0.15) is 62.1 Å². The van der Waals surface area contributed by atoms with Crippen molar-refractivity contribution in [1.29, 1.82) is 0 Å². The van der Waals surface area contributed by atoms with Gasteiger partial charge < -0.3 is 9.84 Å². The summed E-state index contributed by atoms with van der Waals surface area (Å²) in [6.07, 6.45) is 11.4. The van der Waals surface area contributed by atoms with Crippen LogP contribution in [0.4, 0.5) is 0 Å². The van der Waals surface area contributed by atoms with E-state index in [4.69, 9.17) is 4.74 Å². The Hall–Kier alpha value is -2.07. The van der Waals surface area contributed by atoms with Gasteiger partial charge in [0.2, 0.25) is 0 Å². The minimum Gasteiger partial charge on any atom is -0.494 e. The molecule has 1 aromatic heterocycles. The van der Waals surface area contributed by atoms with Gasteiger partial charge in [-0.1, -0.05) is 19.1 Å². The highest BCUT2D eigenvalue weighted by atomic mass is 16.5. The fraction of sp³-hybridized carbons (Fsp3) is 0.560. The van der Waals surface area contributed by atoms with E-state index in [-0.39, 0.29) is 11.5 Å². The fourth-order valence-electron chi connectivity index (χ4n) is 6.54. The minimum atomic E-state index is -0.338. The highest BCUT2D eigenvalue weighted by molar-refractivity contribution is 5.54. The van der Waals surface area contributed by atoms with Gasteiger partial charge >= 0.3 is 0 Å². The van der Waals surface area contributed by atoms with E-state index in [1.54, 1.807) is 0 Å². The van der Waals surface area contributed by atoms with Crippen LogP contribution in [0.3, 0.4) is 0 Å². The lowest BCUT2D eigenvalue weighted by Crippen LogP contribution is -2.44. The molecule has 5 unspecified atom stereocenters. The van der Waals surface area contributed by atoms with Gasteiger partial charge in [-0.3, -0.25) is 4.68 Å². The summed E-state index contributed by atoms with van der Waals surface area (Å²) in [5.41, 5.74) is 5.30. The number of hydrogen-bond donors (Lipinski definition) is 1. The van der Waals surface area contributed by atoms with Crippen LogP contribution in [0, 0.1) is 17.3 Å². The van der Waals surface area contributed by atoms with Crippen LogP contribution in [-0.2, 0) is 13.5 Å². The highest BCUT2D eigenvalue weighted by Crippen LogP contribution is 2.62. The summed E-state index contributed by atoms with van der Waals surface area (Å²) in [6.45, 7) is 5.09. The number of aliphatic hydroxyl groups is 1. The second-order valence-corrected chi connectivity index (χ2v) is 9.53. The number of ether oxygens (including phenoxy) is 1. The van der Waals surface area contributed by atoms with Crippen LogP contribution in [0.5, 0.6) is 5.75 Å². The maximum absolute atomic E-state index is 11.3. The zero-order chi connectivity index (χ0) is 20.2. The van der Waals surface area contributed by atoms with Gasteiger partial charge in [0, 0.05) is 24.2 Å². The number of aromatic nitrogens is 2. The molecule has 0 amide bonds. The number of aliphatic hydroxyl groups excluding tert-OH is 1. The van der Waals surface area contributed by atoms with Gasteiger partial charge in [-0.05, 0) is 85.6 Å². The summed E-state index contributed by atoms with van der Waals surface area (Å²) >= 11 is 0. The van der Waals surface area contributed by atoms with E-state index in [2.05, 4.69) is 36.3 Å². The van der Waals surface area contributed by atoms with E-state index in [1.807, 2.05) is 31.0 Å². The van der Waals surface area contributed by atoms with Crippen molar-refractivity contribution in [3.8, 4) is 5.75 Å². The van der Waals surface area contributed by atoms with E-state index in [0.29, 0.717) is 17.8 Å². The molecule has 4 nitrogen and oxygen atoms in total. The highest BCUT2D eigenvalue weighted by Gasteiger charge is 2.56. The van der Waals surface area contributed by atoms with Crippen LogP contribution in [0.2, 0.25) is 0 Å². The van der Waals surface area contributed by atoms with Crippen molar-refractivity contribution < 1.29 is 9.84 Å². The van der Waals surface area contributed by atoms with Crippen molar-refractivity contribution in [1.82, 2.24) is 9.78 Å². The molecule has 3 aliphatic rings. The molecule has 29 heavy (non-hydrogen) atoms. The molecule has 5 rings (SSSR count). The number of hydrogen-bond acceptors (Lipinski definition) is 3. The summed E-state index contributed by atoms with van der Waals surface area (Å²) < 4.78 is 7.56. The lowest BCUT2D eigenvalue weighted by atomic mass is 9.55. The molecule has 0 radical (unpaired) electrons. The van der Waals surface area contributed by atoms with Gasteiger partial charge in [0.1, 0.15) is 5.75 Å². The third-order valence-corrected chi connectivity index (χ3v) is 7.96. The Morgan fingerprint density at radius 1 is 1.34 bits per heavy atom. The van der Waals surface area contributed by atoms with Crippen molar-refractivity contribution in [2.24, 2.45) is 24.3 Å². The van der Waals surface area contributed by atoms with Crippen LogP contribution in [0.25, 0.3) is 6.08 Å². The summed E-state index contributed by atoms with van der Waals surface area (Å²) in [5, 5.41) is 15.6. The number of aryl methyl sites for hydroxylation is 2. The summed E-state index contributed by atoms with van der Waals surface area (Å²) in [5.74, 6) is 2.84. The fourth-order valence-corrected chi connectivity index (χ4v) is 6.54. The van der Waals surface area contributed by atoms with Crippen molar-refractivity contribution in [2.75, 3.05) is 6.61 Å². The van der Waals surface area contributed by atoms with E-state index in [1.165, 1.54) is 29.5 Å². The molecule has 0 spiro atoms. The van der Waals surface area contributed by atoms with Crippen molar-refractivity contribution in [3.63, 3.8) is 0 Å². The van der Waals surface area contributed by atoms with Gasteiger partial charge in [-0.15, -0.1) is 0 Å². The predicted molar refractivity (Wildman–Crippen MR) is 115 cm³/mol. The molecule has 2 saturated carbocycles. The Morgan fingerprint density at radius 3 is 2.97 bits per heavy atom. The van der Waals surface area contributed by atoms with Crippen LogP contribution in [0.15, 0.2) is 36.2 Å². The third-order valence-electron chi connectivity index (χ3n) is 7.96. The molecule has 1 heterocycles. The van der Waals surface area contributed by atoms with Gasteiger partial charge in [-0.2, -0.15) is 5.10 Å². The number of nitrogens with zero attached hydrogens (tertiary/aromatic N) is 2. The van der Waals surface area contributed by atoms with Crippen molar-refractivity contribution >= 4 is 6.08 Å². The first-order chi connectivity index (χ1) is 14.0. The van der Waals surface area contributed by atoms with Gasteiger partial charge in [-0.25, -0.2) is 0 Å². The maximum Gasteiger partial charge on any atom is 0.119 e. The molecule has 0 saturated heterocycles. The Bertz CT molecular complexity index is 946. The van der Waals surface area contributed by atoms with Crippen LogP contribution in [-0.4, -0.2) is 27.6 Å². The van der Waals surface area contributed by atoms with Crippen molar-refractivity contribution in [2.45, 2.75) is 58.0 Å². The standard InChI is InChI=1S/C25H32N2O2/c1-4-29-19-6-8-20-17(12-19)5-7-22-21(20)9-10-25(2)23(22)13-18(24(25)28)11-16-14-26-27(3)15-16/h6,8,11-12,14-15,21-24,28H,4-5,7,9-10,13H2,1-3H3/b18-11+. The molecule has 2 aromatic rings. The third kappa shape index (κ3) is 3.04. The van der Waals surface area contributed by atoms with E-state index in [0.717, 1.165) is 37.2 Å². The Morgan fingerprint density at radius 2 is 2.21 bits per heavy atom. The average molecular weight is 393 g/mol. The zero-order valence-electron chi connectivity index (χ0n) is 17.8. The summed E-state index contributed by atoms with van der Waals surface area (Å²) in [4.78, 5) is 0. The number of fused-ring (bicyclic) bond motifs is 5. The zero-order valence-corrected chi connectivity index (χ0v) is 17.8. The molecule has 1 N–H and O–H groups in total. The first kappa shape index (κ1) is 18.9. The van der Waals surface area contributed by atoms with E-state index in [9.17, 15) is 5.11 Å². The largest absolute Gasteiger partial charge is 0.494 e. The van der Waals surface area contributed by atoms with Crippen LogP contribution < -0.4 is 4.74 Å². The summed E-state index contributed by atoms with van der Waals surface area (Å²) in [6, 6.07) is 6.73. The maximum atomic E-state index is 11.3. The van der Waals surface area contributed by atoms with Gasteiger partial charge in [0.25, 0.3) is 0 Å². The molecule has 3 aliphatic carbocycles. The quantitative estimate of drug-likeness (QED) is 0.821. The Kier molecular flexibility index (Phi) is 4.58. The Balaban J connectivity index is 1.44. The second-order valence-electron chi connectivity index (χ2n) is 9.53. The van der Waals surface area contributed by atoms with Crippen LogP contribution >= 0.6 is 0 Å². The average Bonchev–Trinajstić information content (AvgIpc) is 3.23. The molecule has 154 valence electrons. The molecular weight excluding hydrogens is 360 g/mol. The molecule has 5 atom stereocenters. The molecule has 1 aromatic carbocycles. The lowest BCUT2D eigenvalue weighted by Gasteiger charge is -2.49. The number of benzene rings is 1. The molecular formula is C25H32N2O2.